The quantitative estimate of drug-likeness (QED) is 0.765. The van der Waals surface area contributed by atoms with E-state index in [9.17, 15) is 0 Å². The number of aromatic nitrogens is 4. The zero-order chi connectivity index (χ0) is 17.8. The van der Waals surface area contributed by atoms with Crippen molar-refractivity contribution in [2.45, 2.75) is 48.5 Å². The van der Waals surface area contributed by atoms with E-state index in [0.717, 1.165) is 40.0 Å². The summed E-state index contributed by atoms with van der Waals surface area (Å²) in [6.07, 6.45) is 0. The van der Waals surface area contributed by atoms with Crippen molar-refractivity contribution in [3.63, 3.8) is 0 Å². The molecule has 0 aliphatic carbocycles. The smallest absolute Gasteiger partial charge is 0.153 e. The SMILES string of the molecule is Cc1nc(C)c(Nc2nc(C)c3c(c2C)c(C)c(C)n3C)nc1C. The number of fused-ring (bicyclic) bond motifs is 1. The highest BCUT2D eigenvalue weighted by Gasteiger charge is 2.18. The average Bonchev–Trinajstić information content (AvgIpc) is 2.75. The van der Waals surface area contributed by atoms with Gasteiger partial charge in [-0.15, -0.1) is 0 Å². The lowest BCUT2D eigenvalue weighted by atomic mass is 10.1. The Morgan fingerprint density at radius 3 is 1.92 bits per heavy atom. The van der Waals surface area contributed by atoms with Gasteiger partial charge in [-0.2, -0.15) is 0 Å². The first-order valence-corrected chi connectivity index (χ1v) is 8.24. The first-order chi connectivity index (χ1) is 11.2. The fourth-order valence-corrected chi connectivity index (χ4v) is 3.32. The van der Waals surface area contributed by atoms with Crippen LogP contribution in [0.3, 0.4) is 0 Å². The molecular formula is C19H25N5. The molecular weight excluding hydrogens is 298 g/mol. The second-order valence-corrected chi connectivity index (χ2v) is 6.62. The molecule has 0 saturated heterocycles. The molecule has 0 aromatic carbocycles. The van der Waals surface area contributed by atoms with Crippen LogP contribution >= 0.6 is 0 Å². The Labute approximate surface area is 143 Å². The monoisotopic (exact) mass is 323 g/mol. The van der Waals surface area contributed by atoms with Crippen LogP contribution in [0, 0.1) is 48.5 Å². The van der Waals surface area contributed by atoms with E-state index >= 15 is 0 Å². The largest absolute Gasteiger partial charge is 0.346 e. The number of rotatable bonds is 2. The van der Waals surface area contributed by atoms with Gasteiger partial charge < -0.3 is 9.88 Å². The molecule has 3 rings (SSSR count). The van der Waals surface area contributed by atoms with Crippen molar-refractivity contribution in [3.05, 3.63) is 39.6 Å². The molecule has 0 fully saturated rings. The second-order valence-electron chi connectivity index (χ2n) is 6.62. The van der Waals surface area contributed by atoms with Crippen LogP contribution in [0.2, 0.25) is 0 Å². The molecule has 5 nitrogen and oxygen atoms in total. The van der Waals surface area contributed by atoms with Gasteiger partial charge in [0.25, 0.3) is 0 Å². The molecule has 0 unspecified atom stereocenters. The summed E-state index contributed by atoms with van der Waals surface area (Å²) in [4.78, 5) is 14.0. The molecule has 24 heavy (non-hydrogen) atoms. The maximum absolute atomic E-state index is 4.80. The number of nitrogens with zero attached hydrogens (tertiary/aromatic N) is 4. The third kappa shape index (κ3) is 2.35. The normalized spacial score (nSPS) is 11.3. The Morgan fingerprint density at radius 1 is 0.667 bits per heavy atom. The molecule has 0 aliphatic rings. The summed E-state index contributed by atoms with van der Waals surface area (Å²) in [7, 11) is 2.10. The van der Waals surface area contributed by atoms with Gasteiger partial charge in [0.2, 0.25) is 0 Å². The van der Waals surface area contributed by atoms with Crippen LogP contribution in [-0.4, -0.2) is 19.5 Å². The molecule has 0 aliphatic heterocycles. The van der Waals surface area contributed by atoms with E-state index < -0.39 is 0 Å². The van der Waals surface area contributed by atoms with Gasteiger partial charge in [-0.05, 0) is 54.0 Å². The van der Waals surface area contributed by atoms with Gasteiger partial charge in [-0.1, -0.05) is 0 Å². The van der Waals surface area contributed by atoms with E-state index in [1.54, 1.807) is 0 Å². The number of aryl methyl sites for hydroxylation is 7. The van der Waals surface area contributed by atoms with Crippen LogP contribution in [-0.2, 0) is 7.05 Å². The molecule has 0 amide bonds. The number of pyridine rings is 1. The van der Waals surface area contributed by atoms with Crippen molar-refractivity contribution in [2.75, 3.05) is 5.32 Å². The second kappa shape index (κ2) is 5.58. The third-order valence-electron chi connectivity index (χ3n) is 5.06. The number of hydrogen-bond donors (Lipinski definition) is 1. The van der Waals surface area contributed by atoms with Crippen molar-refractivity contribution in [3.8, 4) is 0 Å². The van der Waals surface area contributed by atoms with Crippen LogP contribution in [0.4, 0.5) is 11.6 Å². The molecule has 0 radical (unpaired) electrons. The lowest BCUT2D eigenvalue weighted by molar-refractivity contribution is 0.902. The van der Waals surface area contributed by atoms with Crippen molar-refractivity contribution in [2.24, 2.45) is 7.05 Å². The Kier molecular flexibility index (Phi) is 3.82. The standard InChI is InChI=1S/C19H25N5/c1-9-15(7)24(8)17-13(5)22-18(10(2)16(9)17)23-19-14(6)20-11(3)12(4)21-19/h1-8H3,(H,21,22,23). The van der Waals surface area contributed by atoms with E-state index in [2.05, 4.69) is 54.6 Å². The minimum absolute atomic E-state index is 0.776. The minimum atomic E-state index is 0.776. The first kappa shape index (κ1) is 16.4. The van der Waals surface area contributed by atoms with E-state index in [1.165, 1.54) is 22.2 Å². The Morgan fingerprint density at radius 2 is 1.25 bits per heavy atom. The summed E-state index contributed by atoms with van der Waals surface area (Å²) in [5.74, 6) is 1.63. The average molecular weight is 323 g/mol. The minimum Gasteiger partial charge on any atom is -0.346 e. The molecule has 3 aromatic heterocycles. The van der Waals surface area contributed by atoms with Crippen LogP contribution in [0.25, 0.3) is 10.9 Å². The summed E-state index contributed by atoms with van der Waals surface area (Å²) in [5, 5.41) is 4.68. The Balaban J connectivity index is 2.20. The highest BCUT2D eigenvalue weighted by atomic mass is 15.1. The summed E-state index contributed by atoms with van der Waals surface area (Å²) >= 11 is 0. The maximum Gasteiger partial charge on any atom is 0.153 e. The topological polar surface area (TPSA) is 55.6 Å². The molecule has 0 atom stereocenters. The molecule has 126 valence electrons. The first-order valence-electron chi connectivity index (χ1n) is 8.24. The number of anilines is 2. The van der Waals surface area contributed by atoms with E-state index in [-0.39, 0.29) is 0 Å². The van der Waals surface area contributed by atoms with Gasteiger partial charge in [0, 0.05) is 23.7 Å². The van der Waals surface area contributed by atoms with E-state index in [0.29, 0.717) is 0 Å². The summed E-state index contributed by atoms with van der Waals surface area (Å²) in [6.45, 7) is 14.4. The predicted octanol–water partition coefficient (Wildman–Crippen LogP) is 4.27. The lowest BCUT2D eigenvalue weighted by Crippen LogP contribution is -2.06. The Bertz CT molecular complexity index is 966. The van der Waals surface area contributed by atoms with Gasteiger partial charge in [0.05, 0.1) is 28.3 Å². The molecule has 0 bridgehead atoms. The third-order valence-corrected chi connectivity index (χ3v) is 5.06. The summed E-state index contributed by atoms with van der Waals surface area (Å²) in [5.41, 5.74) is 8.74. The molecule has 3 heterocycles. The zero-order valence-electron chi connectivity index (χ0n) is 15.8. The van der Waals surface area contributed by atoms with Crippen molar-refractivity contribution in [1.82, 2.24) is 19.5 Å². The van der Waals surface area contributed by atoms with Crippen LogP contribution in [0.15, 0.2) is 0 Å². The molecule has 0 spiro atoms. The van der Waals surface area contributed by atoms with E-state index in [1.807, 2.05) is 20.8 Å². The zero-order valence-corrected chi connectivity index (χ0v) is 15.8. The Hall–Kier alpha value is -2.43. The number of nitrogens with one attached hydrogen (secondary N) is 1. The van der Waals surface area contributed by atoms with Crippen LogP contribution in [0.1, 0.15) is 39.6 Å². The van der Waals surface area contributed by atoms with Crippen molar-refractivity contribution >= 4 is 22.5 Å². The molecule has 3 aromatic rings. The van der Waals surface area contributed by atoms with Gasteiger partial charge in [0.1, 0.15) is 5.82 Å². The summed E-state index contributed by atoms with van der Waals surface area (Å²) in [6, 6.07) is 0. The van der Waals surface area contributed by atoms with E-state index in [4.69, 9.17) is 4.98 Å². The highest BCUT2D eigenvalue weighted by Crippen LogP contribution is 2.33. The fourth-order valence-electron chi connectivity index (χ4n) is 3.32. The predicted molar refractivity (Wildman–Crippen MR) is 99.2 cm³/mol. The number of hydrogen-bond acceptors (Lipinski definition) is 4. The highest BCUT2D eigenvalue weighted by molar-refractivity contribution is 5.93. The maximum atomic E-state index is 4.80. The van der Waals surface area contributed by atoms with Crippen molar-refractivity contribution in [1.29, 1.82) is 0 Å². The van der Waals surface area contributed by atoms with Gasteiger partial charge in [0.15, 0.2) is 5.82 Å². The lowest BCUT2D eigenvalue weighted by Gasteiger charge is -2.14. The van der Waals surface area contributed by atoms with Crippen LogP contribution in [0.5, 0.6) is 0 Å². The summed E-state index contributed by atoms with van der Waals surface area (Å²) < 4.78 is 2.23. The molecule has 0 saturated carbocycles. The molecule has 1 N–H and O–H groups in total. The van der Waals surface area contributed by atoms with Gasteiger partial charge in [-0.25, -0.2) is 9.97 Å². The van der Waals surface area contributed by atoms with Gasteiger partial charge in [-0.3, -0.25) is 4.98 Å². The van der Waals surface area contributed by atoms with Crippen LogP contribution < -0.4 is 5.32 Å². The van der Waals surface area contributed by atoms with Crippen molar-refractivity contribution < 1.29 is 0 Å². The fraction of sp³-hybridized carbons (Fsp3) is 0.421. The van der Waals surface area contributed by atoms with Gasteiger partial charge >= 0.3 is 0 Å². The molecule has 5 heteroatoms.